The highest BCUT2D eigenvalue weighted by Gasteiger charge is 2.33. The highest BCUT2D eigenvalue weighted by Crippen LogP contribution is 2.30. The van der Waals surface area contributed by atoms with E-state index in [1.165, 1.54) is 0 Å². The molecule has 0 aliphatic rings. The predicted molar refractivity (Wildman–Crippen MR) is 51.2 cm³/mol. The number of H-pyrrole nitrogens is 1. The van der Waals surface area contributed by atoms with Gasteiger partial charge in [0.25, 0.3) is 0 Å². The van der Waals surface area contributed by atoms with E-state index in [1.807, 2.05) is 0 Å². The summed E-state index contributed by atoms with van der Waals surface area (Å²) in [4.78, 5) is 9.61. The van der Waals surface area contributed by atoms with Gasteiger partial charge in [0.15, 0.2) is 5.69 Å². The Balaban J connectivity index is 2.53. The molecule has 0 unspecified atom stereocenters. The first-order valence-electron chi connectivity index (χ1n) is 4.32. The minimum absolute atomic E-state index is 0.116. The lowest BCUT2D eigenvalue weighted by Gasteiger charge is -2.07. The smallest absolute Gasteiger partial charge is 0.368 e. The number of nitrogens with zero attached hydrogens (tertiary/aromatic N) is 2. The van der Waals surface area contributed by atoms with Crippen LogP contribution in [0.1, 0.15) is 5.69 Å². The van der Waals surface area contributed by atoms with Crippen molar-refractivity contribution in [2.24, 2.45) is 0 Å². The number of hydrogen-bond donors (Lipinski definition) is 2. The number of hydrogen-bond acceptors (Lipinski definition) is 3. The Morgan fingerprint density at radius 1 is 1.25 bits per heavy atom. The number of aromatic amines is 1. The third-order valence-corrected chi connectivity index (χ3v) is 1.91. The monoisotopic (exact) mass is 228 g/mol. The van der Waals surface area contributed by atoms with Crippen molar-refractivity contribution in [1.82, 2.24) is 15.0 Å². The minimum Gasteiger partial charge on any atom is -0.368 e. The molecule has 3 N–H and O–H groups in total. The van der Waals surface area contributed by atoms with E-state index in [4.69, 9.17) is 5.73 Å². The average molecular weight is 228 g/mol. The quantitative estimate of drug-likeness (QED) is 0.785. The molecule has 0 spiro atoms. The molecule has 0 aliphatic heterocycles. The number of nitrogens with one attached hydrogen (secondary N) is 1. The van der Waals surface area contributed by atoms with Crippen LogP contribution < -0.4 is 5.73 Å². The van der Waals surface area contributed by atoms with Crippen molar-refractivity contribution in [2.75, 3.05) is 5.73 Å². The summed E-state index contributed by atoms with van der Waals surface area (Å²) in [6.07, 6.45) is -2.95. The lowest BCUT2D eigenvalue weighted by Crippen LogP contribution is -2.11. The topological polar surface area (TPSA) is 67.6 Å². The van der Waals surface area contributed by atoms with Crippen molar-refractivity contribution in [2.45, 2.75) is 6.18 Å². The van der Waals surface area contributed by atoms with Crippen molar-refractivity contribution in [1.29, 1.82) is 0 Å². The second-order valence-electron chi connectivity index (χ2n) is 3.08. The zero-order valence-electron chi connectivity index (χ0n) is 7.92. The molecule has 0 radical (unpaired) electrons. The molecule has 0 fully saturated rings. The zero-order valence-corrected chi connectivity index (χ0v) is 7.92. The number of halogens is 3. The molecular formula is C9H7F3N4. The molecular weight excluding hydrogens is 221 g/mol. The van der Waals surface area contributed by atoms with Gasteiger partial charge in [-0.25, -0.2) is 9.97 Å². The van der Waals surface area contributed by atoms with E-state index in [0.29, 0.717) is 5.69 Å². The van der Waals surface area contributed by atoms with Crippen molar-refractivity contribution in [3.63, 3.8) is 0 Å². The molecule has 0 saturated heterocycles. The van der Waals surface area contributed by atoms with Gasteiger partial charge in [-0.1, -0.05) is 0 Å². The number of anilines is 1. The summed E-state index contributed by atoms with van der Waals surface area (Å²) in [7, 11) is 0. The second kappa shape index (κ2) is 3.51. The molecule has 0 saturated carbocycles. The molecule has 0 amide bonds. The van der Waals surface area contributed by atoms with Crippen LogP contribution in [0.3, 0.4) is 0 Å². The van der Waals surface area contributed by atoms with Crippen LogP contribution in [-0.2, 0) is 6.18 Å². The van der Waals surface area contributed by atoms with Gasteiger partial charge >= 0.3 is 6.18 Å². The van der Waals surface area contributed by atoms with E-state index in [9.17, 15) is 13.2 Å². The average Bonchev–Trinajstić information content (AvgIpc) is 2.68. The Morgan fingerprint density at radius 2 is 2.00 bits per heavy atom. The number of nitrogens with two attached hydrogens (primary N) is 1. The summed E-state index contributed by atoms with van der Waals surface area (Å²) in [5, 5.41) is 0. The Morgan fingerprint density at radius 3 is 2.56 bits per heavy atom. The minimum atomic E-state index is -4.53. The van der Waals surface area contributed by atoms with Gasteiger partial charge in [0.1, 0.15) is 0 Å². The molecule has 0 aliphatic carbocycles. The SMILES string of the molecule is Nc1nc(-c2ccc[nH]2)cc(C(F)(F)F)n1. The van der Waals surface area contributed by atoms with Crippen LogP contribution in [0.4, 0.5) is 19.1 Å². The standard InChI is InChI=1S/C9H7F3N4/c10-9(11,12)7-4-6(15-8(13)16-7)5-2-1-3-14-5/h1-4,14H,(H2,13,15,16). The Labute approximate surface area is 88.3 Å². The lowest BCUT2D eigenvalue weighted by molar-refractivity contribution is -0.141. The molecule has 0 bridgehead atoms. The third kappa shape index (κ3) is 1.97. The van der Waals surface area contributed by atoms with Gasteiger partial charge in [-0.3, -0.25) is 0 Å². The molecule has 0 aromatic carbocycles. The number of rotatable bonds is 1. The van der Waals surface area contributed by atoms with E-state index in [2.05, 4.69) is 15.0 Å². The van der Waals surface area contributed by atoms with Gasteiger partial charge in [0, 0.05) is 6.20 Å². The fourth-order valence-electron chi connectivity index (χ4n) is 1.24. The third-order valence-electron chi connectivity index (χ3n) is 1.91. The predicted octanol–water partition coefficient (Wildman–Crippen LogP) is 2.07. The fourth-order valence-corrected chi connectivity index (χ4v) is 1.24. The van der Waals surface area contributed by atoms with Gasteiger partial charge in [-0.2, -0.15) is 13.2 Å². The molecule has 84 valence electrons. The summed E-state index contributed by atoms with van der Waals surface area (Å²) in [6, 6.07) is 4.10. The van der Waals surface area contributed by atoms with Gasteiger partial charge in [0.05, 0.1) is 11.4 Å². The summed E-state index contributed by atoms with van der Waals surface area (Å²) in [5.74, 6) is -0.403. The molecule has 4 nitrogen and oxygen atoms in total. The van der Waals surface area contributed by atoms with E-state index in [1.54, 1.807) is 18.3 Å². The highest BCUT2D eigenvalue weighted by atomic mass is 19.4. The summed E-state index contributed by atoms with van der Waals surface area (Å²) >= 11 is 0. The van der Waals surface area contributed by atoms with Gasteiger partial charge < -0.3 is 10.7 Å². The second-order valence-corrected chi connectivity index (χ2v) is 3.08. The largest absolute Gasteiger partial charge is 0.433 e. The Bertz CT molecular complexity index is 490. The van der Waals surface area contributed by atoms with Crippen LogP contribution in [0.15, 0.2) is 24.4 Å². The fraction of sp³-hybridized carbons (Fsp3) is 0.111. The van der Waals surface area contributed by atoms with Gasteiger partial charge in [-0.05, 0) is 18.2 Å². The molecule has 16 heavy (non-hydrogen) atoms. The maximum absolute atomic E-state index is 12.4. The van der Waals surface area contributed by atoms with E-state index in [-0.39, 0.29) is 5.69 Å². The van der Waals surface area contributed by atoms with Crippen molar-refractivity contribution >= 4 is 5.95 Å². The summed E-state index contributed by atoms with van der Waals surface area (Å²) in [6.45, 7) is 0. The van der Waals surface area contributed by atoms with Crippen LogP contribution >= 0.6 is 0 Å². The van der Waals surface area contributed by atoms with Crippen LogP contribution in [0, 0.1) is 0 Å². The van der Waals surface area contributed by atoms with E-state index >= 15 is 0 Å². The highest BCUT2D eigenvalue weighted by molar-refractivity contribution is 5.56. The molecule has 2 heterocycles. The number of aromatic nitrogens is 3. The van der Waals surface area contributed by atoms with E-state index < -0.39 is 17.8 Å². The maximum Gasteiger partial charge on any atom is 0.433 e. The molecule has 0 atom stereocenters. The summed E-state index contributed by atoms with van der Waals surface area (Å²) in [5.41, 5.74) is 4.75. The zero-order chi connectivity index (χ0) is 11.8. The maximum atomic E-state index is 12.4. The first-order chi connectivity index (χ1) is 7.47. The molecule has 7 heteroatoms. The molecule has 2 aromatic rings. The number of nitrogen functional groups attached to an aromatic ring is 1. The van der Waals surface area contributed by atoms with Gasteiger partial charge in [-0.15, -0.1) is 0 Å². The number of alkyl halides is 3. The first kappa shape index (κ1) is 10.5. The van der Waals surface area contributed by atoms with Crippen LogP contribution in [0.5, 0.6) is 0 Å². The van der Waals surface area contributed by atoms with Crippen molar-refractivity contribution in [3.8, 4) is 11.4 Å². The Hall–Kier alpha value is -2.05. The normalized spacial score (nSPS) is 11.7. The van der Waals surface area contributed by atoms with Crippen LogP contribution in [0.25, 0.3) is 11.4 Å². The van der Waals surface area contributed by atoms with Gasteiger partial charge in [0.2, 0.25) is 5.95 Å². The molecule has 2 rings (SSSR count). The van der Waals surface area contributed by atoms with Crippen LogP contribution in [0.2, 0.25) is 0 Å². The lowest BCUT2D eigenvalue weighted by atomic mass is 10.2. The first-order valence-corrected chi connectivity index (χ1v) is 4.32. The van der Waals surface area contributed by atoms with Crippen molar-refractivity contribution in [3.05, 3.63) is 30.1 Å². The Kier molecular flexibility index (Phi) is 2.30. The van der Waals surface area contributed by atoms with E-state index in [0.717, 1.165) is 6.07 Å². The summed E-state index contributed by atoms with van der Waals surface area (Å²) < 4.78 is 37.3. The molecule has 2 aromatic heterocycles. The van der Waals surface area contributed by atoms with Crippen molar-refractivity contribution < 1.29 is 13.2 Å². The van der Waals surface area contributed by atoms with Crippen LogP contribution in [-0.4, -0.2) is 15.0 Å².